The van der Waals surface area contributed by atoms with Crippen LogP contribution in [0.2, 0.25) is 0 Å². The van der Waals surface area contributed by atoms with Crippen molar-refractivity contribution < 1.29 is 28.8 Å². The summed E-state index contributed by atoms with van der Waals surface area (Å²) in [6, 6.07) is 20.5. The third-order valence-electron chi connectivity index (χ3n) is 5.73. The number of ether oxygens (including phenoxy) is 2. The number of esters is 1. The number of nitrogens with zero attached hydrogens (tertiary/aromatic N) is 1. The van der Waals surface area contributed by atoms with E-state index >= 15 is 0 Å². The van der Waals surface area contributed by atoms with E-state index < -0.39 is 23.0 Å². The van der Waals surface area contributed by atoms with Crippen molar-refractivity contribution in [3.05, 3.63) is 106 Å². The molecule has 0 bridgehead atoms. The van der Waals surface area contributed by atoms with Crippen LogP contribution in [0.4, 0.5) is 16.2 Å². The Kier molecular flexibility index (Phi) is 10.8. The highest BCUT2D eigenvalue weighted by atomic mass is 16.6. The molecule has 1 unspecified atom stereocenters. The first-order valence-corrected chi connectivity index (χ1v) is 12.3. The zero-order chi connectivity index (χ0) is 28.0. The van der Waals surface area contributed by atoms with Gasteiger partial charge in [0, 0.05) is 24.4 Å². The first-order valence-electron chi connectivity index (χ1n) is 12.3. The zero-order valence-electron chi connectivity index (χ0n) is 21.2. The van der Waals surface area contributed by atoms with E-state index in [1.165, 1.54) is 24.3 Å². The molecule has 0 saturated carbocycles. The molecule has 0 aliphatic rings. The number of carbonyl (C=O) groups excluding carboxylic acids is 3. The second-order valence-electron chi connectivity index (χ2n) is 8.63. The molecule has 0 aromatic heterocycles. The number of para-hydroxylation sites is 1. The van der Waals surface area contributed by atoms with E-state index in [2.05, 4.69) is 10.6 Å². The monoisotopic (exact) mass is 534 g/mol. The van der Waals surface area contributed by atoms with Crippen molar-refractivity contribution in [3.8, 4) is 0 Å². The van der Waals surface area contributed by atoms with Crippen LogP contribution in [0.25, 0.3) is 0 Å². The Balaban J connectivity index is 1.51. The fraction of sp³-hybridized carbons (Fsp3) is 0.250. The predicted molar refractivity (Wildman–Crippen MR) is 143 cm³/mol. The van der Waals surface area contributed by atoms with Gasteiger partial charge in [-0.1, -0.05) is 42.5 Å². The average Bonchev–Trinajstić information content (AvgIpc) is 2.95. The molecule has 1 atom stereocenters. The molecule has 39 heavy (non-hydrogen) atoms. The Labute approximate surface area is 225 Å². The van der Waals surface area contributed by atoms with Crippen LogP contribution in [0.1, 0.15) is 40.7 Å². The second kappa shape index (κ2) is 14.7. The molecule has 2 amide bonds. The number of rotatable bonds is 13. The van der Waals surface area contributed by atoms with Gasteiger partial charge in [-0.15, -0.1) is 0 Å². The number of nitro benzene ring substituents is 1. The van der Waals surface area contributed by atoms with Gasteiger partial charge in [-0.2, -0.15) is 0 Å². The smallest absolute Gasteiger partial charge is 0.408 e. The first-order chi connectivity index (χ1) is 18.8. The fourth-order valence-electron chi connectivity index (χ4n) is 3.60. The fourth-order valence-corrected chi connectivity index (χ4v) is 3.60. The van der Waals surface area contributed by atoms with Crippen LogP contribution in [-0.4, -0.2) is 35.5 Å². The van der Waals surface area contributed by atoms with Gasteiger partial charge >= 0.3 is 12.1 Å². The number of nitrogens with one attached hydrogen (secondary N) is 2. The Bertz CT molecular complexity index is 1270. The molecular weight excluding hydrogens is 504 g/mol. The van der Waals surface area contributed by atoms with E-state index in [1.807, 2.05) is 18.2 Å². The lowest BCUT2D eigenvalue weighted by molar-refractivity contribution is -0.384. The molecule has 4 N–H and O–H groups in total. The Morgan fingerprint density at radius 2 is 1.49 bits per heavy atom. The molecule has 0 heterocycles. The minimum absolute atomic E-state index is 0.0336. The van der Waals surface area contributed by atoms with Crippen LogP contribution < -0.4 is 16.4 Å². The van der Waals surface area contributed by atoms with Gasteiger partial charge in [-0.3, -0.25) is 14.9 Å². The minimum Gasteiger partial charge on any atom is -0.459 e. The highest BCUT2D eigenvalue weighted by molar-refractivity contribution is 5.99. The van der Waals surface area contributed by atoms with E-state index in [4.69, 9.17) is 15.2 Å². The van der Waals surface area contributed by atoms with Gasteiger partial charge in [-0.25, -0.2) is 9.59 Å². The number of amides is 2. The summed E-state index contributed by atoms with van der Waals surface area (Å²) in [6.45, 7) is 0.255. The van der Waals surface area contributed by atoms with E-state index in [-0.39, 0.29) is 31.2 Å². The summed E-state index contributed by atoms with van der Waals surface area (Å²) in [5, 5.41) is 16.2. The van der Waals surface area contributed by atoms with Crippen LogP contribution in [0, 0.1) is 10.1 Å². The van der Waals surface area contributed by atoms with Crippen LogP contribution >= 0.6 is 0 Å². The van der Waals surface area contributed by atoms with E-state index in [0.29, 0.717) is 36.2 Å². The van der Waals surface area contributed by atoms with Crippen molar-refractivity contribution in [1.82, 2.24) is 10.6 Å². The molecule has 0 aliphatic heterocycles. The van der Waals surface area contributed by atoms with Gasteiger partial charge in [0.15, 0.2) is 0 Å². The van der Waals surface area contributed by atoms with Crippen LogP contribution in [0.15, 0.2) is 78.9 Å². The number of nitrogen functional groups attached to an aromatic ring is 1. The number of anilines is 1. The van der Waals surface area contributed by atoms with E-state index in [9.17, 15) is 24.5 Å². The SMILES string of the molecule is Nc1ccccc1C(=O)NCCCCC(NC(=O)OCc1ccccc1)C(=O)OCc1ccc([N+](=O)[O-])cc1. The quantitative estimate of drug-likeness (QED) is 0.0969. The molecule has 3 aromatic carbocycles. The molecule has 0 radical (unpaired) electrons. The lowest BCUT2D eigenvalue weighted by atomic mass is 10.1. The van der Waals surface area contributed by atoms with Crippen molar-refractivity contribution in [2.45, 2.75) is 38.5 Å². The lowest BCUT2D eigenvalue weighted by Crippen LogP contribution is -2.42. The van der Waals surface area contributed by atoms with Crippen molar-refractivity contribution in [2.24, 2.45) is 0 Å². The van der Waals surface area contributed by atoms with E-state index in [0.717, 1.165) is 5.56 Å². The molecule has 204 valence electrons. The minimum atomic E-state index is -0.994. The molecular formula is C28H30N4O7. The first kappa shape index (κ1) is 28.6. The number of nitro groups is 1. The zero-order valence-corrected chi connectivity index (χ0v) is 21.2. The summed E-state index contributed by atoms with van der Waals surface area (Å²) in [5.41, 5.74) is 7.86. The van der Waals surface area contributed by atoms with Crippen molar-refractivity contribution >= 4 is 29.3 Å². The normalized spacial score (nSPS) is 11.2. The van der Waals surface area contributed by atoms with Crippen molar-refractivity contribution in [1.29, 1.82) is 0 Å². The summed E-state index contributed by atoms with van der Waals surface area (Å²) in [4.78, 5) is 47.8. The third-order valence-corrected chi connectivity index (χ3v) is 5.73. The van der Waals surface area contributed by atoms with Gasteiger partial charge in [-0.05, 0) is 54.7 Å². The van der Waals surface area contributed by atoms with Crippen LogP contribution in [0.5, 0.6) is 0 Å². The van der Waals surface area contributed by atoms with Crippen LogP contribution in [0.3, 0.4) is 0 Å². The average molecular weight is 535 g/mol. The highest BCUT2D eigenvalue weighted by Gasteiger charge is 2.23. The standard InChI is InChI=1S/C28H30N4O7/c29-24-11-5-4-10-23(24)26(33)30-17-7-6-12-25(31-28(35)39-19-20-8-2-1-3-9-20)27(34)38-18-21-13-15-22(16-14-21)32(36)37/h1-5,8-11,13-16,25H,6-7,12,17-19,29H2,(H,30,33)(H,31,35). The number of benzene rings is 3. The summed E-state index contributed by atoms with van der Waals surface area (Å²) >= 11 is 0. The highest BCUT2D eigenvalue weighted by Crippen LogP contribution is 2.14. The number of alkyl carbamates (subject to hydrolysis) is 1. The van der Waals surface area contributed by atoms with Gasteiger partial charge < -0.3 is 25.8 Å². The summed E-state index contributed by atoms with van der Waals surface area (Å²) in [6.07, 6.45) is 0.485. The number of carbonyl (C=O) groups is 3. The maximum atomic E-state index is 12.8. The molecule has 0 saturated heterocycles. The number of unbranched alkanes of at least 4 members (excludes halogenated alkanes) is 1. The molecule has 0 aliphatic carbocycles. The number of non-ortho nitro benzene ring substituents is 1. The van der Waals surface area contributed by atoms with Gasteiger partial charge in [0.05, 0.1) is 10.5 Å². The Morgan fingerprint density at radius 1 is 0.846 bits per heavy atom. The summed E-state index contributed by atoms with van der Waals surface area (Å²) in [5.74, 6) is -0.971. The summed E-state index contributed by atoms with van der Waals surface area (Å²) < 4.78 is 10.6. The number of hydrogen-bond donors (Lipinski definition) is 3. The molecule has 0 spiro atoms. The molecule has 11 heteroatoms. The third kappa shape index (κ3) is 9.47. The van der Waals surface area contributed by atoms with E-state index in [1.54, 1.807) is 36.4 Å². The van der Waals surface area contributed by atoms with Gasteiger partial charge in [0.1, 0.15) is 19.3 Å². The van der Waals surface area contributed by atoms with Crippen molar-refractivity contribution in [3.63, 3.8) is 0 Å². The lowest BCUT2D eigenvalue weighted by Gasteiger charge is -2.18. The molecule has 3 rings (SSSR count). The maximum Gasteiger partial charge on any atom is 0.408 e. The Hall–Kier alpha value is -4.93. The summed E-state index contributed by atoms with van der Waals surface area (Å²) in [7, 11) is 0. The Morgan fingerprint density at radius 3 is 2.18 bits per heavy atom. The topological polar surface area (TPSA) is 163 Å². The number of nitrogens with two attached hydrogens (primary N) is 1. The van der Waals surface area contributed by atoms with Crippen LogP contribution in [-0.2, 0) is 27.5 Å². The van der Waals surface area contributed by atoms with Crippen molar-refractivity contribution in [2.75, 3.05) is 12.3 Å². The largest absolute Gasteiger partial charge is 0.459 e. The molecule has 0 fully saturated rings. The van der Waals surface area contributed by atoms with Gasteiger partial charge in [0.25, 0.3) is 11.6 Å². The molecule has 3 aromatic rings. The second-order valence-corrected chi connectivity index (χ2v) is 8.63. The predicted octanol–water partition coefficient (Wildman–Crippen LogP) is 4.12. The number of hydrogen-bond acceptors (Lipinski definition) is 8. The molecule has 11 nitrogen and oxygen atoms in total. The van der Waals surface area contributed by atoms with Gasteiger partial charge in [0.2, 0.25) is 0 Å². The maximum absolute atomic E-state index is 12.8.